The molecule has 0 saturated carbocycles. The fourth-order valence-electron chi connectivity index (χ4n) is 3.01. The number of aromatic nitrogens is 1. The lowest BCUT2D eigenvalue weighted by Crippen LogP contribution is -2.40. The van der Waals surface area contributed by atoms with Crippen molar-refractivity contribution in [2.45, 2.75) is 19.4 Å². The number of hydrogen-bond acceptors (Lipinski definition) is 4. The summed E-state index contributed by atoms with van der Waals surface area (Å²) in [6.45, 7) is 2.34. The van der Waals surface area contributed by atoms with Crippen LogP contribution in [0.5, 0.6) is 0 Å². The molecule has 25 heavy (non-hydrogen) atoms. The molecule has 2 aromatic rings. The predicted molar refractivity (Wildman–Crippen MR) is 108 cm³/mol. The molecule has 1 atom stereocenters. The van der Waals surface area contributed by atoms with Crippen molar-refractivity contribution in [3.05, 3.63) is 35.9 Å². The molecule has 0 spiro atoms. The first-order chi connectivity index (χ1) is 11.1. The van der Waals surface area contributed by atoms with Crippen molar-refractivity contribution < 1.29 is 4.79 Å². The summed E-state index contributed by atoms with van der Waals surface area (Å²) in [6, 6.07) is 10.1. The highest BCUT2D eigenvalue weighted by Gasteiger charge is 2.20. The first-order valence-electron chi connectivity index (χ1n) is 8.19. The Morgan fingerprint density at radius 3 is 2.76 bits per heavy atom. The zero-order valence-electron chi connectivity index (χ0n) is 14.6. The molecule has 1 amide bonds. The van der Waals surface area contributed by atoms with Crippen LogP contribution in [0.25, 0.3) is 10.9 Å². The number of pyridine rings is 1. The lowest BCUT2D eigenvalue weighted by molar-refractivity contribution is -0.125. The molecule has 1 aliphatic heterocycles. The zero-order valence-corrected chi connectivity index (χ0v) is 16.3. The smallest absolute Gasteiger partial charge is 0.224 e. The number of anilines is 1. The summed E-state index contributed by atoms with van der Waals surface area (Å²) < 4.78 is 0. The van der Waals surface area contributed by atoms with Gasteiger partial charge in [0.1, 0.15) is 5.82 Å². The van der Waals surface area contributed by atoms with E-state index in [1.807, 2.05) is 37.2 Å². The molecule has 0 aliphatic carbocycles. The standard InChI is InChI=1S/C18H24N4O.2ClH/c1-22(2)17-10-14(15-7-3-4-8-16(15)21-17)12-20-18(23)13-6-5-9-19-11-13;;/h3-4,7-8,10,13,19H,5-6,9,11-12H2,1-2H3,(H,20,23);2*1H. The number of fused-ring (bicyclic) bond motifs is 1. The van der Waals surface area contributed by atoms with Crippen LogP contribution in [0, 0.1) is 5.92 Å². The van der Waals surface area contributed by atoms with Gasteiger partial charge in [-0.2, -0.15) is 0 Å². The first-order valence-corrected chi connectivity index (χ1v) is 8.19. The van der Waals surface area contributed by atoms with Gasteiger partial charge in [0.25, 0.3) is 0 Å². The van der Waals surface area contributed by atoms with Crippen molar-refractivity contribution in [1.82, 2.24) is 15.6 Å². The maximum Gasteiger partial charge on any atom is 0.224 e. The number of piperidine rings is 1. The van der Waals surface area contributed by atoms with Gasteiger partial charge in [0, 0.05) is 32.6 Å². The van der Waals surface area contributed by atoms with Gasteiger partial charge in [0.05, 0.1) is 11.4 Å². The average Bonchev–Trinajstić information content (AvgIpc) is 2.59. The van der Waals surface area contributed by atoms with E-state index in [2.05, 4.69) is 27.8 Å². The lowest BCUT2D eigenvalue weighted by atomic mass is 9.98. The number of amides is 1. The Kier molecular flexibility index (Phi) is 8.42. The van der Waals surface area contributed by atoms with Crippen LogP contribution in [0.2, 0.25) is 0 Å². The van der Waals surface area contributed by atoms with E-state index in [9.17, 15) is 4.79 Å². The number of nitrogens with zero attached hydrogens (tertiary/aromatic N) is 2. The number of halogens is 2. The SMILES string of the molecule is CN(C)c1cc(CNC(=O)C2CCCNC2)c2ccccc2n1.Cl.Cl. The van der Waals surface area contributed by atoms with Crippen molar-refractivity contribution in [3.63, 3.8) is 0 Å². The van der Waals surface area contributed by atoms with Crippen LogP contribution in [0.3, 0.4) is 0 Å². The second-order valence-electron chi connectivity index (χ2n) is 6.31. The third-order valence-corrected chi connectivity index (χ3v) is 4.37. The molecule has 5 nitrogen and oxygen atoms in total. The second-order valence-corrected chi connectivity index (χ2v) is 6.31. The summed E-state index contributed by atoms with van der Waals surface area (Å²) in [5.41, 5.74) is 2.07. The summed E-state index contributed by atoms with van der Waals surface area (Å²) in [4.78, 5) is 19.0. The van der Waals surface area contributed by atoms with E-state index in [1.54, 1.807) is 0 Å². The van der Waals surface area contributed by atoms with Gasteiger partial charge in [-0.1, -0.05) is 18.2 Å². The van der Waals surface area contributed by atoms with E-state index in [4.69, 9.17) is 0 Å². The summed E-state index contributed by atoms with van der Waals surface area (Å²) >= 11 is 0. The maximum absolute atomic E-state index is 12.3. The number of benzene rings is 1. The van der Waals surface area contributed by atoms with Crippen LogP contribution >= 0.6 is 24.8 Å². The zero-order chi connectivity index (χ0) is 16.2. The molecule has 3 rings (SSSR count). The molecule has 0 radical (unpaired) electrons. The fourth-order valence-corrected chi connectivity index (χ4v) is 3.01. The Labute approximate surface area is 161 Å². The number of para-hydroxylation sites is 1. The van der Waals surface area contributed by atoms with Crippen LogP contribution in [-0.2, 0) is 11.3 Å². The monoisotopic (exact) mass is 384 g/mol. The molecule has 1 aromatic heterocycles. The number of carbonyl (C=O) groups excluding carboxylic acids is 1. The summed E-state index contributed by atoms with van der Waals surface area (Å²) in [7, 11) is 3.96. The number of rotatable bonds is 4. The average molecular weight is 385 g/mol. The molecule has 1 fully saturated rings. The van der Waals surface area contributed by atoms with Crippen molar-refractivity contribution in [2.24, 2.45) is 5.92 Å². The van der Waals surface area contributed by atoms with Gasteiger partial charge >= 0.3 is 0 Å². The Hall–Kier alpha value is -1.56. The van der Waals surface area contributed by atoms with E-state index >= 15 is 0 Å². The Balaban J connectivity index is 0.00000156. The van der Waals surface area contributed by atoms with Crippen LogP contribution in [0.1, 0.15) is 18.4 Å². The third kappa shape index (κ3) is 5.21. The van der Waals surface area contributed by atoms with Crippen LogP contribution < -0.4 is 15.5 Å². The molecule has 1 aliphatic rings. The second kappa shape index (κ2) is 9.80. The van der Waals surface area contributed by atoms with Gasteiger partial charge in [-0.25, -0.2) is 4.98 Å². The molecular formula is C18H26Cl2N4O. The van der Waals surface area contributed by atoms with E-state index in [0.717, 1.165) is 48.2 Å². The maximum atomic E-state index is 12.3. The summed E-state index contributed by atoms with van der Waals surface area (Å²) in [5.74, 6) is 1.14. The van der Waals surface area contributed by atoms with Crippen molar-refractivity contribution in [2.75, 3.05) is 32.1 Å². The van der Waals surface area contributed by atoms with Gasteiger partial charge < -0.3 is 15.5 Å². The van der Waals surface area contributed by atoms with E-state index in [-0.39, 0.29) is 36.6 Å². The largest absolute Gasteiger partial charge is 0.363 e. The third-order valence-electron chi connectivity index (χ3n) is 4.37. The molecule has 2 N–H and O–H groups in total. The molecule has 2 heterocycles. The highest BCUT2D eigenvalue weighted by Crippen LogP contribution is 2.22. The van der Waals surface area contributed by atoms with E-state index < -0.39 is 0 Å². The van der Waals surface area contributed by atoms with Gasteiger partial charge in [-0.15, -0.1) is 24.8 Å². The van der Waals surface area contributed by atoms with Crippen molar-refractivity contribution in [3.8, 4) is 0 Å². The van der Waals surface area contributed by atoms with Gasteiger partial charge in [-0.3, -0.25) is 4.79 Å². The Morgan fingerprint density at radius 2 is 2.08 bits per heavy atom. The van der Waals surface area contributed by atoms with Crippen molar-refractivity contribution in [1.29, 1.82) is 0 Å². The molecule has 0 bridgehead atoms. The minimum Gasteiger partial charge on any atom is -0.363 e. The minimum absolute atomic E-state index is 0. The van der Waals surface area contributed by atoms with Gasteiger partial charge in [0.2, 0.25) is 5.91 Å². The first kappa shape index (κ1) is 21.5. The van der Waals surface area contributed by atoms with Crippen LogP contribution in [0.4, 0.5) is 5.82 Å². The van der Waals surface area contributed by atoms with E-state index in [1.165, 1.54) is 0 Å². The normalized spacial score (nSPS) is 16.5. The number of nitrogens with one attached hydrogen (secondary N) is 2. The highest BCUT2D eigenvalue weighted by molar-refractivity contribution is 5.86. The predicted octanol–water partition coefficient (Wildman–Crippen LogP) is 2.76. The Morgan fingerprint density at radius 1 is 1.32 bits per heavy atom. The van der Waals surface area contributed by atoms with E-state index in [0.29, 0.717) is 6.54 Å². The molecular weight excluding hydrogens is 359 g/mol. The summed E-state index contributed by atoms with van der Waals surface area (Å²) in [5, 5.41) is 7.49. The molecule has 138 valence electrons. The quantitative estimate of drug-likeness (QED) is 0.850. The minimum atomic E-state index is 0. The van der Waals surface area contributed by atoms with Gasteiger partial charge in [0.15, 0.2) is 0 Å². The van der Waals surface area contributed by atoms with Crippen LogP contribution in [0.15, 0.2) is 30.3 Å². The summed E-state index contributed by atoms with van der Waals surface area (Å²) in [6.07, 6.45) is 2.04. The topological polar surface area (TPSA) is 57.3 Å². The lowest BCUT2D eigenvalue weighted by Gasteiger charge is -2.22. The van der Waals surface area contributed by atoms with Gasteiger partial charge in [-0.05, 0) is 37.1 Å². The highest BCUT2D eigenvalue weighted by atomic mass is 35.5. The van der Waals surface area contributed by atoms with Crippen molar-refractivity contribution >= 4 is 47.4 Å². The molecule has 1 aromatic carbocycles. The number of hydrogen-bond donors (Lipinski definition) is 2. The van der Waals surface area contributed by atoms with Crippen LogP contribution in [-0.4, -0.2) is 38.1 Å². The molecule has 1 saturated heterocycles. The molecule has 1 unspecified atom stereocenters. The Bertz CT molecular complexity index is 703. The molecule has 7 heteroatoms. The fraction of sp³-hybridized carbons (Fsp3) is 0.444. The number of carbonyl (C=O) groups is 1.